The van der Waals surface area contributed by atoms with Crippen molar-refractivity contribution in [2.24, 2.45) is 0 Å². The molecule has 1 saturated carbocycles. The van der Waals surface area contributed by atoms with Crippen molar-refractivity contribution >= 4 is 5.69 Å². The van der Waals surface area contributed by atoms with E-state index < -0.39 is 0 Å². The Morgan fingerprint density at radius 1 is 1.59 bits per heavy atom. The van der Waals surface area contributed by atoms with Crippen LogP contribution in [-0.2, 0) is 6.54 Å². The van der Waals surface area contributed by atoms with Crippen LogP contribution in [0.5, 0.6) is 0 Å². The highest BCUT2D eigenvalue weighted by atomic mass is 15.1. The van der Waals surface area contributed by atoms with Crippen LogP contribution in [0, 0.1) is 6.92 Å². The third-order valence-corrected chi connectivity index (χ3v) is 3.07. The van der Waals surface area contributed by atoms with Crippen molar-refractivity contribution in [3.8, 4) is 0 Å². The Kier molecular flexibility index (Phi) is 3.79. The summed E-state index contributed by atoms with van der Waals surface area (Å²) in [7, 11) is 2.09. The molecule has 0 unspecified atom stereocenters. The van der Waals surface area contributed by atoms with Crippen LogP contribution in [-0.4, -0.2) is 24.6 Å². The molecule has 1 aromatic rings. The van der Waals surface area contributed by atoms with E-state index in [0.717, 1.165) is 24.8 Å². The summed E-state index contributed by atoms with van der Waals surface area (Å²) in [6.45, 7) is 7.59. The summed E-state index contributed by atoms with van der Waals surface area (Å²) in [5.74, 6) is 0. The zero-order chi connectivity index (χ0) is 12.3. The second-order valence-corrected chi connectivity index (χ2v) is 4.78. The Morgan fingerprint density at radius 3 is 3.00 bits per heavy atom. The number of nitrogens with one attached hydrogen (secondary N) is 1. The molecule has 92 valence electrons. The van der Waals surface area contributed by atoms with Crippen molar-refractivity contribution in [3.63, 3.8) is 0 Å². The smallest absolute Gasteiger partial charge is 0.0445 e. The maximum Gasteiger partial charge on any atom is 0.0445 e. The molecule has 17 heavy (non-hydrogen) atoms. The lowest BCUT2D eigenvalue weighted by molar-refractivity contribution is 0.684. The molecule has 0 radical (unpaired) electrons. The van der Waals surface area contributed by atoms with Gasteiger partial charge in [0.05, 0.1) is 0 Å². The van der Waals surface area contributed by atoms with Gasteiger partial charge in [-0.3, -0.25) is 4.98 Å². The summed E-state index contributed by atoms with van der Waals surface area (Å²) in [4.78, 5) is 6.60. The molecule has 0 amide bonds. The molecule has 1 aliphatic rings. The van der Waals surface area contributed by atoms with Crippen molar-refractivity contribution < 1.29 is 0 Å². The van der Waals surface area contributed by atoms with Crippen LogP contribution in [0.3, 0.4) is 0 Å². The monoisotopic (exact) mass is 231 g/mol. The van der Waals surface area contributed by atoms with E-state index in [0.29, 0.717) is 0 Å². The van der Waals surface area contributed by atoms with Gasteiger partial charge in [-0.2, -0.15) is 0 Å². The van der Waals surface area contributed by atoms with Gasteiger partial charge < -0.3 is 10.2 Å². The second-order valence-electron chi connectivity index (χ2n) is 4.78. The van der Waals surface area contributed by atoms with E-state index in [-0.39, 0.29) is 0 Å². The molecular formula is C14H21N3. The van der Waals surface area contributed by atoms with Gasteiger partial charge in [0.15, 0.2) is 0 Å². The van der Waals surface area contributed by atoms with E-state index >= 15 is 0 Å². The van der Waals surface area contributed by atoms with Gasteiger partial charge >= 0.3 is 0 Å². The van der Waals surface area contributed by atoms with Crippen molar-refractivity contribution in [1.29, 1.82) is 0 Å². The predicted molar refractivity (Wildman–Crippen MR) is 72.3 cm³/mol. The fourth-order valence-electron chi connectivity index (χ4n) is 1.90. The first-order valence-electron chi connectivity index (χ1n) is 6.21. The highest BCUT2D eigenvalue weighted by molar-refractivity contribution is 5.53. The molecule has 1 aromatic heterocycles. The maximum atomic E-state index is 4.39. The number of rotatable bonds is 6. The van der Waals surface area contributed by atoms with E-state index in [9.17, 15) is 0 Å². The third-order valence-electron chi connectivity index (χ3n) is 3.07. The molecule has 1 heterocycles. The average Bonchev–Trinajstić information content (AvgIpc) is 3.11. The van der Waals surface area contributed by atoms with Crippen LogP contribution in [0.15, 0.2) is 24.9 Å². The number of pyridine rings is 1. The highest BCUT2D eigenvalue weighted by Gasteiger charge is 2.20. The van der Waals surface area contributed by atoms with Crippen LogP contribution >= 0.6 is 0 Å². The number of hydrogen-bond acceptors (Lipinski definition) is 3. The molecule has 0 atom stereocenters. The van der Waals surface area contributed by atoms with Crippen LogP contribution in [0.2, 0.25) is 0 Å². The molecule has 3 nitrogen and oxygen atoms in total. The van der Waals surface area contributed by atoms with Gasteiger partial charge in [-0.05, 0) is 25.8 Å². The van der Waals surface area contributed by atoms with Crippen LogP contribution in [0.1, 0.15) is 24.1 Å². The quantitative estimate of drug-likeness (QED) is 0.761. The molecule has 1 fully saturated rings. The molecule has 0 bridgehead atoms. The standard InChI is InChI=1S/C14H21N3/c1-4-7-17(3)14-8-11(2)15-9-12(14)10-16-13-5-6-13/h4,8-9,13,16H,1,5-7,10H2,2-3H3. The van der Waals surface area contributed by atoms with Crippen LogP contribution in [0.25, 0.3) is 0 Å². The fourth-order valence-corrected chi connectivity index (χ4v) is 1.90. The topological polar surface area (TPSA) is 28.2 Å². The lowest BCUT2D eigenvalue weighted by Gasteiger charge is -2.21. The summed E-state index contributed by atoms with van der Waals surface area (Å²) in [5, 5.41) is 3.54. The Bertz CT molecular complexity index is 396. The fraction of sp³-hybridized carbons (Fsp3) is 0.500. The SMILES string of the molecule is C=CCN(C)c1cc(C)ncc1CNC1CC1. The summed E-state index contributed by atoms with van der Waals surface area (Å²) in [6, 6.07) is 2.88. The molecular weight excluding hydrogens is 210 g/mol. The molecule has 0 saturated heterocycles. The van der Waals surface area contributed by atoms with Crippen molar-refractivity contribution in [2.45, 2.75) is 32.4 Å². The molecule has 1 N–H and O–H groups in total. The van der Waals surface area contributed by atoms with Gasteiger partial charge in [-0.25, -0.2) is 0 Å². The van der Waals surface area contributed by atoms with Crippen molar-refractivity contribution in [2.75, 3.05) is 18.5 Å². The third kappa shape index (κ3) is 3.30. The Balaban J connectivity index is 2.13. The molecule has 2 rings (SSSR count). The zero-order valence-corrected chi connectivity index (χ0v) is 10.7. The minimum Gasteiger partial charge on any atom is -0.371 e. The van der Waals surface area contributed by atoms with E-state index in [2.05, 4.69) is 34.9 Å². The van der Waals surface area contributed by atoms with Gasteiger partial charge in [0.2, 0.25) is 0 Å². The Hall–Kier alpha value is -1.35. The van der Waals surface area contributed by atoms with Gasteiger partial charge in [-0.15, -0.1) is 6.58 Å². The molecule has 0 spiro atoms. The van der Waals surface area contributed by atoms with Crippen molar-refractivity contribution in [3.05, 3.63) is 36.2 Å². The lowest BCUT2D eigenvalue weighted by Crippen LogP contribution is -2.22. The summed E-state index contributed by atoms with van der Waals surface area (Å²) < 4.78 is 0. The molecule has 0 aromatic carbocycles. The molecule has 1 aliphatic carbocycles. The predicted octanol–water partition coefficient (Wildman–Crippen LogP) is 2.26. The first kappa shape index (κ1) is 12.1. The van der Waals surface area contributed by atoms with E-state index in [1.54, 1.807) is 0 Å². The molecule has 3 heteroatoms. The van der Waals surface area contributed by atoms with E-state index in [1.807, 2.05) is 19.2 Å². The van der Waals surface area contributed by atoms with E-state index in [4.69, 9.17) is 0 Å². The number of hydrogen-bond donors (Lipinski definition) is 1. The van der Waals surface area contributed by atoms with Crippen LogP contribution < -0.4 is 10.2 Å². The first-order chi connectivity index (χ1) is 8.20. The minimum absolute atomic E-state index is 0.730. The largest absolute Gasteiger partial charge is 0.371 e. The van der Waals surface area contributed by atoms with Crippen LogP contribution in [0.4, 0.5) is 5.69 Å². The lowest BCUT2D eigenvalue weighted by atomic mass is 10.2. The number of aryl methyl sites for hydroxylation is 1. The number of aromatic nitrogens is 1. The van der Waals surface area contributed by atoms with E-state index in [1.165, 1.54) is 24.1 Å². The Labute approximate surface area is 104 Å². The zero-order valence-electron chi connectivity index (χ0n) is 10.7. The number of nitrogens with zero attached hydrogens (tertiary/aromatic N) is 2. The normalized spacial score (nSPS) is 14.7. The number of anilines is 1. The summed E-state index contributed by atoms with van der Waals surface area (Å²) >= 11 is 0. The Morgan fingerprint density at radius 2 is 2.35 bits per heavy atom. The van der Waals surface area contributed by atoms with Gasteiger partial charge in [0.1, 0.15) is 0 Å². The minimum atomic E-state index is 0.730. The first-order valence-corrected chi connectivity index (χ1v) is 6.21. The number of likely N-dealkylation sites (N-methyl/N-ethyl adjacent to an activating group) is 1. The van der Waals surface area contributed by atoms with Gasteiger partial charge in [-0.1, -0.05) is 6.08 Å². The highest BCUT2D eigenvalue weighted by Crippen LogP contribution is 2.23. The van der Waals surface area contributed by atoms with Crippen molar-refractivity contribution in [1.82, 2.24) is 10.3 Å². The summed E-state index contributed by atoms with van der Waals surface area (Å²) in [6.07, 6.45) is 6.54. The molecule has 0 aliphatic heterocycles. The second kappa shape index (κ2) is 5.32. The summed E-state index contributed by atoms with van der Waals surface area (Å²) in [5.41, 5.74) is 3.59. The average molecular weight is 231 g/mol. The maximum absolute atomic E-state index is 4.39. The van der Waals surface area contributed by atoms with Gasteiger partial charge in [0, 0.05) is 49.3 Å². The van der Waals surface area contributed by atoms with Gasteiger partial charge in [0.25, 0.3) is 0 Å².